The Kier molecular flexibility index (Phi) is 5.91. The Morgan fingerprint density at radius 1 is 1.19 bits per heavy atom. The summed E-state index contributed by atoms with van der Waals surface area (Å²) in [4.78, 5) is 39.3. The maximum atomic E-state index is 12.5. The van der Waals surface area contributed by atoms with Crippen molar-refractivity contribution in [3.05, 3.63) is 51.7 Å². The average molecular weight is 386 g/mol. The Balaban J connectivity index is 1.57. The van der Waals surface area contributed by atoms with Crippen LogP contribution in [0.15, 0.2) is 35.7 Å². The predicted octanol–water partition coefficient (Wildman–Crippen LogP) is 3.15. The second-order valence-electron chi connectivity index (χ2n) is 6.56. The fraction of sp³-hybridized carbons (Fsp3) is 0.350. The topological polar surface area (TPSA) is 75.7 Å². The number of benzene rings is 1. The summed E-state index contributed by atoms with van der Waals surface area (Å²) in [6, 6.07) is 8.64. The standard InChI is InChI=1S/C20H22N2O4S/c1-13-6-3-7-14(2)18(13)21-17(23)12-26-20(25)15-8-4-10-22(15)19(24)16-9-5-11-27-16/h3,5-7,9,11,15H,4,8,10,12H2,1-2H3,(H,21,23)/t15-/m1/s1. The van der Waals surface area contributed by atoms with E-state index in [1.165, 1.54) is 16.2 Å². The van der Waals surface area contributed by atoms with Gasteiger partial charge in [0.2, 0.25) is 0 Å². The highest BCUT2D eigenvalue weighted by molar-refractivity contribution is 7.12. The van der Waals surface area contributed by atoms with Gasteiger partial charge in [0.15, 0.2) is 6.61 Å². The van der Waals surface area contributed by atoms with E-state index >= 15 is 0 Å². The molecule has 1 aliphatic heterocycles. The number of likely N-dealkylation sites (tertiary alicyclic amines) is 1. The number of carbonyl (C=O) groups excluding carboxylic acids is 3. The number of nitrogens with zero attached hydrogens (tertiary/aromatic N) is 1. The highest BCUT2D eigenvalue weighted by atomic mass is 32.1. The number of esters is 1. The number of para-hydroxylation sites is 1. The van der Waals surface area contributed by atoms with Gasteiger partial charge in [-0.15, -0.1) is 11.3 Å². The number of rotatable bonds is 5. The number of amides is 2. The van der Waals surface area contributed by atoms with Gasteiger partial charge < -0.3 is 15.0 Å². The van der Waals surface area contributed by atoms with Gasteiger partial charge in [0.25, 0.3) is 11.8 Å². The van der Waals surface area contributed by atoms with Gasteiger partial charge in [0.05, 0.1) is 4.88 Å². The minimum Gasteiger partial charge on any atom is -0.454 e. The molecule has 0 unspecified atom stereocenters. The van der Waals surface area contributed by atoms with Crippen molar-refractivity contribution in [3.63, 3.8) is 0 Å². The van der Waals surface area contributed by atoms with Crippen molar-refractivity contribution in [2.75, 3.05) is 18.5 Å². The summed E-state index contributed by atoms with van der Waals surface area (Å²) in [5.41, 5.74) is 2.62. The first-order valence-electron chi connectivity index (χ1n) is 8.84. The normalized spacial score (nSPS) is 16.2. The van der Waals surface area contributed by atoms with Gasteiger partial charge in [-0.25, -0.2) is 4.79 Å². The maximum absolute atomic E-state index is 12.5. The van der Waals surface area contributed by atoms with Crippen molar-refractivity contribution in [3.8, 4) is 0 Å². The Bertz CT molecular complexity index is 827. The lowest BCUT2D eigenvalue weighted by Crippen LogP contribution is -2.41. The number of carbonyl (C=O) groups is 3. The molecule has 1 aromatic heterocycles. The first kappa shape index (κ1) is 19.1. The van der Waals surface area contributed by atoms with Crippen molar-refractivity contribution in [2.24, 2.45) is 0 Å². The molecule has 1 fully saturated rings. The van der Waals surface area contributed by atoms with Crippen molar-refractivity contribution < 1.29 is 19.1 Å². The van der Waals surface area contributed by atoms with E-state index in [4.69, 9.17) is 4.74 Å². The molecule has 0 aliphatic carbocycles. The molecule has 27 heavy (non-hydrogen) atoms. The van der Waals surface area contributed by atoms with Crippen LogP contribution in [0, 0.1) is 13.8 Å². The molecule has 7 heteroatoms. The molecule has 1 aromatic carbocycles. The van der Waals surface area contributed by atoms with Crippen molar-refractivity contribution in [1.82, 2.24) is 4.90 Å². The van der Waals surface area contributed by atoms with Gasteiger partial charge in [0.1, 0.15) is 6.04 Å². The lowest BCUT2D eigenvalue weighted by molar-refractivity contribution is -0.151. The molecular weight excluding hydrogens is 364 g/mol. The van der Waals surface area contributed by atoms with Crippen LogP contribution >= 0.6 is 11.3 Å². The van der Waals surface area contributed by atoms with E-state index < -0.39 is 17.9 Å². The number of ether oxygens (including phenoxy) is 1. The van der Waals surface area contributed by atoms with Gasteiger partial charge >= 0.3 is 5.97 Å². The summed E-state index contributed by atoms with van der Waals surface area (Å²) >= 11 is 1.35. The van der Waals surface area contributed by atoms with Crippen LogP contribution in [0.5, 0.6) is 0 Å². The second-order valence-corrected chi connectivity index (χ2v) is 7.50. The van der Waals surface area contributed by atoms with Crippen LogP contribution in [0.1, 0.15) is 33.6 Å². The SMILES string of the molecule is Cc1cccc(C)c1NC(=O)COC(=O)[C@H]1CCCN1C(=O)c1cccs1. The van der Waals surface area contributed by atoms with Gasteiger partial charge in [-0.1, -0.05) is 24.3 Å². The summed E-state index contributed by atoms with van der Waals surface area (Å²) in [6.45, 7) is 3.96. The molecule has 2 heterocycles. The number of aryl methyl sites for hydroxylation is 2. The highest BCUT2D eigenvalue weighted by Crippen LogP contribution is 2.23. The van der Waals surface area contributed by atoms with E-state index in [-0.39, 0.29) is 12.5 Å². The molecule has 0 bridgehead atoms. The lowest BCUT2D eigenvalue weighted by Gasteiger charge is -2.22. The first-order chi connectivity index (χ1) is 13.0. The van der Waals surface area contributed by atoms with Gasteiger partial charge in [-0.05, 0) is 49.3 Å². The third-order valence-corrected chi connectivity index (χ3v) is 5.47. The Hall–Kier alpha value is -2.67. The number of hydrogen-bond acceptors (Lipinski definition) is 5. The minimum absolute atomic E-state index is 0.163. The van der Waals surface area contributed by atoms with Crippen molar-refractivity contribution in [2.45, 2.75) is 32.7 Å². The van der Waals surface area contributed by atoms with E-state index in [1.807, 2.05) is 37.4 Å². The highest BCUT2D eigenvalue weighted by Gasteiger charge is 2.36. The summed E-state index contributed by atoms with van der Waals surface area (Å²) in [5, 5.41) is 4.61. The quantitative estimate of drug-likeness (QED) is 0.801. The molecule has 0 saturated carbocycles. The molecule has 2 aromatic rings. The van der Waals surface area contributed by atoms with Crippen molar-refractivity contribution in [1.29, 1.82) is 0 Å². The molecule has 142 valence electrons. The van der Waals surface area contributed by atoms with Crippen LogP contribution in [-0.2, 0) is 14.3 Å². The fourth-order valence-electron chi connectivity index (χ4n) is 3.22. The van der Waals surface area contributed by atoms with Crippen LogP contribution in [0.4, 0.5) is 5.69 Å². The Morgan fingerprint density at radius 3 is 2.59 bits per heavy atom. The largest absolute Gasteiger partial charge is 0.454 e. The molecule has 2 amide bonds. The zero-order valence-corrected chi connectivity index (χ0v) is 16.2. The van der Waals surface area contributed by atoms with Gasteiger partial charge in [-0.2, -0.15) is 0 Å². The van der Waals surface area contributed by atoms with E-state index in [9.17, 15) is 14.4 Å². The van der Waals surface area contributed by atoms with Gasteiger partial charge in [0, 0.05) is 12.2 Å². The van der Waals surface area contributed by atoms with E-state index in [0.29, 0.717) is 17.8 Å². The van der Waals surface area contributed by atoms with E-state index in [2.05, 4.69) is 5.32 Å². The van der Waals surface area contributed by atoms with Crippen LogP contribution in [0.2, 0.25) is 0 Å². The lowest BCUT2D eigenvalue weighted by atomic mass is 10.1. The van der Waals surface area contributed by atoms with Gasteiger partial charge in [-0.3, -0.25) is 9.59 Å². The summed E-state index contributed by atoms with van der Waals surface area (Å²) in [6.07, 6.45) is 1.29. The molecular formula is C20H22N2O4S. The van der Waals surface area contributed by atoms with Crippen LogP contribution in [0.3, 0.4) is 0 Å². The van der Waals surface area contributed by atoms with Crippen LogP contribution in [-0.4, -0.2) is 41.9 Å². The van der Waals surface area contributed by atoms with E-state index in [1.54, 1.807) is 12.1 Å². The number of hydrogen-bond donors (Lipinski definition) is 1. The molecule has 6 nitrogen and oxygen atoms in total. The maximum Gasteiger partial charge on any atom is 0.329 e. The third-order valence-electron chi connectivity index (χ3n) is 4.61. The van der Waals surface area contributed by atoms with Crippen molar-refractivity contribution >= 4 is 34.8 Å². The smallest absolute Gasteiger partial charge is 0.329 e. The summed E-state index contributed by atoms with van der Waals surface area (Å²) < 4.78 is 5.20. The third kappa shape index (κ3) is 4.36. The summed E-state index contributed by atoms with van der Waals surface area (Å²) in [7, 11) is 0. The Labute approximate surface area is 162 Å². The Morgan fingerprint density at radius 2 is 1.93 bits per heavy atom. The average Bonchev–Trinajstić information content (AvgIpc) is 3.34. The minimum atomic E-state index is -0.632. The molecule has 1 atom stereocenters. The zero-order chi connectivity index (χ0) is 19.4. The van der Waals surface area contributed by atoms with Crippen LogP contribution in [0.25, 0.3) is 0 Å². The monoisotopic (exact) mass is 386 g/mol. The number of anilines is 1. The number of nitrogens with one attached hydrogen (secondary N) is 1. The molecule has 1 saturated heterocycles. The van der Waals surface area contributed by atoms with E-state index in [0.717, 1.165) is 23.2 Å². The predicted molar refractivity (Wildman–Crippen MR) is 104 cm³/mol. The molecule has 1 N–H and O–H groups in total. The number of thiophene rings is 1. The zero-order valence-electron chi connectivity index (χ0n) is 15.4. The summed E-state index contributed by atoms with van der Waals surface area (Å²) in [5.74, 6) is -1.09. The molecule has 0 radical (unpaired) electrons. The second kappa shape index (κ2) is 8.35. The van der Waals surface area contributed by atoms with Crippen LogP contribution < -0.4 is 5.32 Å². The molecule has 1 aliphatic rings. The first-order valence-corrected chi connectivity index (χ1v) is 9.72. The molecule has 3 rings (SSSR count). The fourth-order valence-corrected chi connectivity index (χ4v) is 3.90. The molecule has 0 spiro atoms.